The van der Waals surface area contributed by atoms with E-state index in [4.69, 9.17) is 5.11 Å². The highest BCUT2D eigenvalue weighted by atomic mass is 32.2. The number of nitrogens with one attached hydrogen (secondary N) is 2. The molecule has 3 N–H and O–H groups in total. The van der Waals surface area contributed by atoms with E-state index in [9.17, 15) is 26.4 Å². The van der Waals surface area contributed by atoms with Crippen LogP contribution in [0.25, 0.3) is 0 Å². The van der Waals surface area contributed by atoms with Crippen molar-refractivity contribution in [3.05, 3.63) is 23.9 Å². The standard InChI is InChI=1S/C8H8F3N3O4S/c9-8(10,11)4-13-19(17,18)14-6-2-1-5(3-12-6)7(15)16/h1-3,13H,4H2,(H,12,14)(H,15,16). The summed E-state index contributed by atoms with van der Waals surface area (Å²) >= 11 is 0. The molecular formula is C8H8F3N3O4S. The third kappa shape index (κ3) is 5.52. The summed E-state index contributed by atoms with van der Waals surface area (Å²) in [5.41, 5.74) is -0.189. The largest absolute Gasteiger partial charge is 0.478 e. The second-order valence-electron chi connectivity index (χ2n) is 3.28. The van der Waals surface area contributed by atoms with E-state index in [1.165, 1.54) is 4.72 Å². The van der Waals surface area contributed by atoms with Crippen molar-refractivity contribution < 1.29 is 31.5 Å². The van der Waals surface area contributed by atoms with E-state index >= 15 is 0 Å². The number of nitrogens with zero attached hydrogens (tertiary/aromatic N) is 1. The predicted molar refractivity (Wildman–Crippen MR) is 57.8 cm³/mol. The lowest BCUT2D eigenvalue weighted by molar-refractivity contribution is -0.121. The molecule has 0 bridgehead atoms. The lowest BCUT2D eigenvalue weighted by Gasteiger charge is -2.10. The fourth-order valence-corrected chi connectivity index (χ4v) is 1.75. The number of carbonyl (C=O) groups is 1. The van der Waals surface area contributed by atoms with Gasteiger partial charge in [0, 0.05) is 6.20 Å². The van der Waals surface area contributed by atoms with Gasteiger partial charge in [-0.1, -0.05) is 0 Å². The average Bonchev–Trinajstić information content (AvgIpc) is 2.26. The molecule has 0 atom stereocenters. The highest BCUT2D eigenvalue weighted by molar-refractivity contribution is 7.90. The fraction of sp³-hybridized carbons (Fsp3) is 0.250. The van der Waals surface area contributed by atoms with Crippen LogP contribution < -0.4 is 9.44 Å². The van der Waals surface area contributed by atoms with Crippen molar-refractivity contribution >= 4 is 22.0 Å². The van der Waals surface area contributed by atoms with Gasteiger partial charge in [0.1, 0.15) is 12.4 Å². The summed E-state index contributed by atoms with van der Waals surface area (Å²) in [7, 11) is -4.43. The van der Waals surface area contributed by atoms with Gasteiger partial charge >= 0.3 is 22.4 Å². The van der Waals surface area contributed by atoms with Gasteiger partial charge < -0.3 is 5.11 Å². The maximum atomic E-state index is 11.8. The lowest BCUT2D eigenvalue weighted by Crippen LogP contribution is -2.37. The maximum Gasteiger partial charge on any atom is 0.402 e. The first-order valence-corrected chi connectivity index (χ1v) is 6.11. The van der Waals surface area contributed by atoms with E-state index in [0.29, 0.717) is 0 Å². The summed E-state index contributed by atoms with van der Waals surface area (Å²) in [5.74, 6) is -1.57. The van der Waals surface area contributed by atoms with Gasteiger partial charge in [0.15, 0.2) is 0 Å². The van der Waals surface area contributed by atoms with Crippen LogP contribution in [0.1, 0.15) is 10.4 Å². The molecule has 0 spiro atoms. The zero-order valence-electron chi connectivity index (χ0n) is 9.10. The second kappa shape index (κ2) is 5.40. The molecule has 1 aromatic heterocycles. The minimum absolute atomic E-state index is 0.189. The molecule has 106 valence electrons. The van der Waals surface area contributed by atoms with Crippen LogP contribution in [0.4, 0.5) is 19.0 Å². The molecule has 0 aliphatic carbocycles. The van der Waals surface area contributed by atoms with E-state index in [1.54, 1.807) is 4.72 Å². The fourth-order valence-electron chi connectivity index (χ4n) is 0.931. The van der Waals surface area contributed by atoms with Crippen LogP contribution >= 0.6 is 0 Å². The van der Waals surface area contributed by atoms with Gasteiger partial charge in [0.05, 0.1) is 5.56 Å². The SMILES string of the molecule is O=C(O)c1ccc(NS(=O)(=O)NCC(F)(F)F)nc1. The molecule has 0 unspecified atom stereocenters. The van der Waals surface area contributed by atoms with Gasteiger partial charge in [0.25, 0.3) is 0 Å². The number of hydrogen-bond acceptors (Lipinski definition) is 4. The Morgan fingerprint density at radius 1 is 1.37 bits per heavy atom. The van der Waals surface area contributed by atoms with E-state index in [2.05, 4.69) is 4.98 Å². The van der Waals surface area contributed by atoms with E-state index in [-0.39, 0.29) is 11.4 Å². The quantitative estimate of drug-likeness (QED) is 0.737. The third-order valence-electron chi connectivity index (χ3n) is 1.71. The first-order chi connectivity index (χ1) is 8.59. The molecule has 1 aromatic rings. The number of hydrogen-bond donors (Lipinski definition) is 3. The summed E-state index contributed by atoms with van der Waals surface area (Å²) in [6.45, 7) is -1.73. The van der Waals surface area contributed by atoms with Crippen LogP contribution in [0.15, 0.2) is 18.3 Å². The molecule has 0 saturated carbocycles. The maximum absolute atomic E-state index is 11.8. The minimum atomic E-state index is -4.69. The zero-order chi connectivity index (χ0) is 14.7. The molecule has 0 radical (unpaired) electrons. The molecule has 0 aliphatic rings. The van der Waals surface area contributed by atoms with E-state index < -0.39 is 28.9 Å². The Kier molecular flexibility index (Phi) is 4.32. The molecule has 11 heteroatoms. The number of alkyl halides is 3. The number of carboxylic acid groups (broad SMARTS) is 1. The zero-order valence-corrected chi connectivity index (χ0v) is 9.92. The lowest BCUT2D eigenvalue weighted by atomic mass is 10.3. The van der Waals surface area contributed by atoms with Crippen LogP contribution in [0, 0.1) is 0 Å². The van der Waals surface area contributed by atoms with Crippen LogP contribution in [-0.2, 0) is 10.2 Å². The van der Waals surface area contributed by atoms with Gasteiger partial charge in [-0.3, -0.25) is 4.72 Å². The number of rotatable bonds is 5. The molecule has 7 nitrogen and oxygen atoms in total. The molecule has 19 heavy (non-hydrogen) atoms. The smallest absolute Gasteiger partial charge is 0.402 e. The van der Waals surface area contributed by atoms with Crippen molar-refractivity contribution in [3.8, 4) is 0 Å². The van der Waals surface area contributed by atoms with Crippen LogP contribution in [0.2, 0.25) is 0 Å². The number of halogens is 3. The molecule has 0 aromatic carbocycles. The second-order valence-corrected chi connectivity index (χ2v) is 4.78. The topological polar surface area (TPSA) is 108 Å². The van der Waals surface area contributed by atoms with Crippen LogP contribution in [0.3, 0.4) is 0 Å². The van der Waals surface area contributed by atoms with Gasteiger partial charge in [-0.2, -0.15) is 26.3 Å². The number of aromatic nitrogens is 1. The van der Waals surface area contributed by atoms with Crippen molar-refractivity contribution in [2.24, 2.45) is 0 Å². The highest BCUT2D eigenvalue weighted by Crippen LogP contribution is 2.13. The number of aromatic carboxylic acids is 1. The summed E-state index contributed by atoms with van der Waals surface area (Å²) in [6.07, 6.45) is -3.82. The molecule has 1 rings (SSSR count). The van der Waals surface area contributed by atoms with Crippen LogP contribution in [-0.4, -0.2) is 37.2 Å². The van der Waals surface area contributed by atoms with Gasteiger partial charge in [-0.05, 0) is 12.1 Å². The van der Waals surface area contributed by atoms with Gasteiger partial charge in [-0.25, -0.2) is 9.78 Å². The van der Waals surface area contributed by atoms with E-state index in [0.717, 1.165) is 18.3 Å². The molecular weight excluding hydrogens is 291 g/mol. The van der Waals surface area contributed by atoms with Crippen molar-refractivity contribution in [2.75, 3.05) is 11.3 Å². The number of carboxylic acids is 1. The first kappa shape index (κ1) is 15.2. The van der Waals surface area contributed by atoms with Gasteiger partial charge in [0.2, 0.25) is 0 Å². The average molecular weight is 299 g/mol. The summed E-state index contributed by atoms with van der Waals surface area (Å²) in [4.78, 5) is 13.9. The van der Waals surface area contributed by atoms with Crippen molar-refractivity contribution in [3.63, 3.8) is 0 Å². The van der Waals surface area contributed by atoms with Crippen LogP contribution in [0.5, 0.6) is 0 Å². The molecule has 0 fully saturated rings. The first-order valence-electron chi connectivity index (χ1n) is 4.62. The summed E-state index contributed by atoms with van der Waals surface area (Å²) in [5, 5.41) is 8.57. The minimum Gasteiger partial charge on any atom is -0.478 e. The van der Waals surface area contributed by atoms with E-state index in [1.807, 2.05) is 0 Å². The monoisotopic (exact) mass is 299 g/mol. The summed E-state index contributed by atoms with van der Waals surface area (Å²) in [6, 6.07) is 2.06. The molecule has 1 heterocycles. The Hall–Kier alpha value is -1.88. The molecule has 0 saturated heterocycles. The van der Waals surface area contributed by atoms with Gasteiger partial charge in [-0.15, -0.1) is 0 Å². The number of anilines is 1. The Morgan fingerprint density at radius 2 is 2.00 bits per heavy atom. The summed E-state index contributed by atoms with van der Waals surface area (Å²) < 4.78 is 60.8. The Balaban J connectivity index is 2.70. The van der Waals surface area contributed by atoms with Crippen molar-refractivity contribution in [2.45, 2.75) is 6.18 Å². The normalized spacial score (nSPS) is 12.2. The Morgan fingerprint density at radius 3 is 2.42 bits per heavy atom. The molecule has 0 aliphatic heterocycles. The highest BCUT2D eigenvalue weighted by Gasteiger charge is 2.29. The third-order valence-corrected chi connectivity index (χ3v) is 2.71. The van der Waals surface area contributed by atoms with Crippen molar-refractivity contribution in [1.82, 2.24) is 9.71 Å². The van der Waals surface area contributed by atoms with Crippen molar-refractivity contribution in [1.29, 1.82) is 0 Å². The number of pyridine rings is 1. The molecule has 0 amide bonds. The predicted octanol–water partition coefficient (Wildman–Crippen LogP) is 0.588. The Bertz CT molecular complexity index is 556. The Labute approximate surface area is 105 Å².